The molecule has 0 aliphatic carbocycles. The smallest absolute Gasteiger partial charge is 0.0295 e. The predicted octanol–water partition coefficient (Wildman–Crippen LogP) is 27.8. The molecule has 2 heteroatoms. The molecule has 0 saturated heterocycles. The Balaban J connectivity index is 1.33. The van der Waals surface area contributed by atoms with E-state index in [2.05, 4.69) is 368 Å². The molecule has 0 N–H and O–H groups in total. The highest BCUT2D eigenvalue weighted by atomic mass is 79.9. The van der Waals surface area contributed by atoms with Gasteiger partial charge in [0.1, 0.15) is 0 Å². The van der Waals surface area contributed by atoms with Gasteiger partial charge >= 0.3 is 0 Å². The molecule has 10 aromatic rings. The normalized spacial score (nSPS) is 13.2. The zero-order valence-electron chi connectivity index (χ0n) is 60.3. The summed E-state index contributed by atoms with van der Waals surface area (Å²) in [5, 5.41) is 6.20. The lowest BCUT2D eigenvalue weighted by Crippen LogP contribution is -2.16. The number of halogens is 2. The van der Waals surface area contributed by atoms with Gasteiger partial charge in [-0.05, 0) is 247 Å². The van der Waals surface area contributed by atoms with Crippen LogP contribution < -0.4 is 0 Å². The molecule has 10 aromatic carbocycles. The van der Waals surface area contributed by atoms with E-state index in [9.17, 15) is 0 Å². The average molecular weight is 1350 g/mol. The van der Waals surface area contributed by atoms with Crippen LogP contribution in [0.3, 0.4) is 0 Å². The Labute approximate surface area is 572 Å². The molecule has 478 valence electrons. The molecule has 0 unspecified atom stereocenters. The first kappa shape index (κ1) is 68.5. The number of fused-ring (bicyclic) bond motifs is 2. The zero-order valence-corrected chi connectivity index (χ0v) is 63.5. The van der Waals surface area contributed by atoms with E-state index in [4.69, 9.17) is 0 Å². The number of rotatable bonds is 9. The van der Waals surface area contributed by atoms with Crippen LogP contribution in [-0.2, 0) is 54.0 Å². The Morgan fingerprint density at radius 3 is 0.598 bits per heavy atom. The van der Waals surface area contributed by atoms with E-state index in [1.54, 1.807) is 0 Å². The second-order valence-corrected chi connectivity index (χ2v) is 36.2. The molecule has 0 nitrogen and oxygen atoms in total. The SMILES string of the molecule is CC(C)(C)c1cc(-c2cc(-c3cc(C(C)(C)C)cc(C(C)(C)C)c3)cc(-c3c(CBr)c(-c4cc5ccccc5c(-c5cc(-c6cc(C(C)(C)C)cc(C(C)(C)C)c6)cc(-c6cc(C(C)(C)C)cc(C(C)(C)C)c6)c5)c4CBr)cc4ccccc34)c2)cc(C(C)(C)C)c1. The van der Waals surface area contributed by atoms with E-state index in [0.717, 1.165) is 0 Å². The molecule has 0 fully saturated rings. The molecule has 0 aliphatic rings. The van der Waals surface area contributed by atoms with Gasteiger partial charge in [-0.25, -0.2) is 0 Å². The summed E-state index contributed by atoms with van der Waals surface area (Å²) in [6.45, 7) is 56.4. The molecule has 0 aromatic heterocycles. The van der Waals surface area contributed by atoms with Crippen molar-refractivity contribution in [1.29, 1.82) is 0 Å². The third-order valence-corrected chi connectivity index (χ3v) is 20.4. The monoisotopic (exact) mass is 1340 g/mol. The second-order valence-electron chi connectivity index (χ2n) is 35.1. The Kier molecular flexibility index (Phi) is 18.2. The summed E-state index contributed by atoms with van der Waals surface area (Å²) >= 11 is 8.58. The fourth-order valence-corrected chi connectivity index (χ4v) is 14.2. The van der Waals surface area contributed by atoms with Gasteiger partial charge in [-0.1, -0.05) is 319 Å². The highest BCUT2D eigenvalue weighted by Gasteiger charge is 2.29. The van der Waals surface area contributed by atoms with Crippen molar-refractivity contribution in [2.24, 2.45) is 0 Å². The van der Waals surface area contributed by atoms with Crippen LogP contribution in [0.15, 0.2) is 170 Å². The molecule has 10 rings (SSSR count). The lowest BCUT2D eigenvalue weighted by atomic mass is 9.77. The summed E-state index contributed by atoms with van der Waals surface area (Å²) in [5.74, 6) is 0. The Hall–Kier alpha value is -6.32. The molecule has 0 bridgehead atoms. The van der Waals surface area contributed by atoms with Gasteiger partial charge in [0, 0.05) is 10.7 Å². The molecule has 0 atom stereocenters. The first-order valence-corrected chi connectivity index (χ1v) is 35.9. The van der Waals surface area contributed by atoms with Gasteiger partial charge in [0.2, 0.25) is 0 Å². The van der Waals surface area contributed by atoms with Crippen LogP contribution in [-0.4, -0.2) is 0 Å². The standard InChI is InChI=1S/C90H104Br2/c1-83(2,3)67-39-61(40-68(49-67)84(4,5)6)57-33-58(62-41-69(85(7,8)9)50-70(42-62)86(10,11)12)36-65(35-57)81-75-31-27-25-29-55(75)47-77(79(81)53-91)78-48-56-30-26-28-32-76(56)82(80(78)54-92)66-37-59(63-43-71(87(13,14)15)51-72(44-63)88(16,17)18)34-60(38-66)64-45-73(89(19,20)21)52-74(46-64)90(22,23)24/h25-52H,53-54H2,1-24H3. The number of hydrogen-bond donors (Lipinski definition) is 0. The van der Waals surface area contributed by atoms with E-state index in [-0.39, 0.29) is 43.3 Å². The third-order valence-electron chi connectivity index (χ3n) is 19.3. The fraction of sp³-hybridized carbons (Fsp3) is 0.378. The van der Waals surface area contributed by atoms with Gasteiger partial charge in [-0.2, -0.15) is 0 Å². The summed E-state index contributed by atoms with van der Waals surface area (Å²) < 4.78 is 0. The van der Waals surface area contributed by atoms with Gasteiger partial charge in [-0.3, -0.25) is 0 Å². The van der Waals surface area contributed by atoms with Crippen molar-refractivity contribution in [3.8, 4) is 77.9 Å². The molecule has 0 amide bonds. The maximum atomic E-state index is 4.29. The molecular weight excluding hydrogens is 1240 g/mol. The molecular formula is C90H104Br2. The Bertz CT molecular complexity index is 3850. The lowest BCUT2D eigenvalue weighted by molar-refractivity contribution is 0.568. The first-order chi connectivity index (χ1) is 42.5. The van der Waals surface area contributed by atoms with Crippen molar-refractivity contribution in [2.75, 3.05) is 0 Å². The van der Waals surface area contributed by atoms with Gasteiger partial charge in [0.05, 0.1) is 0 Å². The van der Waals surface area contributed by atoms with Crippen molar-refractivity contribution in [2.45, 2.75) is 220 Å². The van der Waals surface area contributed by atoms with Crippen LogP contribution in [0, 0.1) is 0 Å². The van der Waals surface area contributed by atoms with Crippen molar-refractivity contribution in [3.63, 3.8) is 0 Å². The topological polar surface area (TPSA) is 0 Å². The van der Waals surface area contributed by atoms with E-state index in [0.29, 0.717) is 10.7 Å². The molecule has 0 saturated carbocycles. The molecule has 0 spiro atoms. The fourth-order valence-electron chi connectivity index (χ4n) is 13.1. The molecule has 92 heavy (non-hydrogen) atoms. The highest BCUT2D eigenvalue weighted by Crippen LogP contribution is 2.50. The quantitative estimate of drug-likeness (QED) is 0.126. The minimum atomic E-state index is -0.0538. The molecule has 0 radical (unpaired) electrons. The average Bonchev–Trinajstić information content (AvgIpc) is 0.737. The minimum absolute atomic E-state index is 0.0538. The van der Waals surface area contributed by atoms with Gasteiger partial charge in [0.15, 0.2) is 0 Å². The highest BCUT2D eigenvalue weighted by molar-refractivity contribution is 9.08. The van der Waals surface area contributed by atoms with Gasteiger partial charge < -0.3 is 0 Å². The van der Waals surface area contributed by atoms with Crippen molar-refractivity contribution in [1.82, 2.24) is 0 Å². The summed E-state index contributed by atoms with van der Waals surface area (Å²) in [5.41, 5.74) is 30.1. The maximum Gasteiger partial charge on any atom is 0.0295 e. The van der Waals surface area contributed by atoms with Crippen LogP contribution in [0.4, 0.5) is 0 Å². The van der Waals surface area contributed by atoms with Crippen LogP contribution in [0.1, 0.15) is 222 Å². The minimum Gasteiger partial charge on any atom is -0.0876 e. The third kappa shape index (κ3) is 14.3. The van der Waals surface area contributed by atoms with Crippen LogP contribution in [0.5, 0.6) is 0 Å². The first-order valence-electron chi connectivity index (χ1n) is 33.7. The summed E-state index contributed by atoms with van der Waals surface area (Å²) in [6, 6.07) is 67.8. The molecule has 0 aliphatic heterocycles. The van der Waals surface area contributed by atoms with Crippen LogP contribution in [0.25, 0.3) is 99.4 Å². The second kappa shape index (κ2) is 24.5. The summed E-state index contributed by atoms with van der Waals surface area (Å²) in [4.78, 5) is 0. The number of benzene rings is 10. The summed E-state index contributed by atoms with van der Waals surface area (Å²) in [7, 11) is 0. The number of alkyl halides is 2. The van der Waals surface area contributed by atoms with E-state index < -0.39 is 0 Å². The Morgan fingerprint density at radius 1 is 0.217 bits per heavy atom. The largest absolute Gasteiger partial charge is 0.0876 e. The van der Waals surface area contributed by atoms with Crippen LogP contribution in [0.2, 0.25) is 0 Å². The molecule has 0 heterocycles. The van der Waals surface area contributed by atoms with Crippen molar-refractivity contribution in [3.05, 3.63) is 225 Å². The van der Waals surface area contributed by atoms with Crippen molar-refractivity contribution >= 4 is 53.4 Å². The zero-order chi connectivity index (χ0) is 67.4. The predicted molar refractivity (Wildman–Crippen MR) is 414 cm³/mol. The summed E-state index contributed by atoms with van der Waals surface area (Å²) in [6.07, 6.45) is 0. The van der Waals surface area contributed by atoms with E-state index in [1.807, 2.05) is 0 Å². The van der Waals surface area contributed by atoms with Crippen LogP contribution >= 0.6 is 31.9 Å². The Morgan fingerprint density at radius 2 is 0.402 bits per heavy atom. The van der Waals surface area contributed by atoms with E-state index in [1.165, 1.54) is 155 Å². The number of hydrogen-bond acceptors (Lipinski definition) is 0. The lowest BCUT2D eigenvalue weighted by Gasteiger charge is -2.28. The van der Waals surface area contributed by atoms with Gasteiger partial charge in [-0.15, -0.1) is 0 Å². The van der Waals surface area contributed by atoms with E-state index >= 15 is 0 Å². The van der Waals surface area contributed by atoms with Gasteiger partial charge in [0.25, 0.3) is 0 Å². The maximum absolute atomic E-state index is 4.29. The van der Waals surface area contributed by atoms with Crippen molar-refractivity contribution < 1.29 is 0 Å².